The van der Waals surface area contributed by atoms with Crippen molar-refractivity contribution in [2.24, 2.45) is 5.10 Å². The van der Waals surface area contributed by atoms with Gasteiger partial charge in [-0.15, -0.1) is 0 Å². The molecule has 0 aliphatic rings. The van der Waals surface area contributed by atoms with Crippen LogP contribution in [0.15, 0.2) is 118 Å². The van der Waals surface area contributed by atoms with Crippen molar-refractivity contribution in [2.45, 2.75) is 18.7 Å². The summed E-state index contributed by atoms with van der Waals surface area (Å²) in [5, 5.41) is 5.06. The number of thioether (sulfide) groups is 1. The Morgan fingerprint density at radius 3 is 2.59 bits per heavy atom. The number of amides is 1. The van der Waals surface area contributed by atoms with E-state index >= 15 is 0 Å². The molecule has 1 aromatic heterocycles. The van der Waals surface area contributed by atoms with Crippen LogP contribution in [0.4, 0.5) is 0 Å². The van der Waals surface area contributed by atoms with Gasteiger partial charge >= 0.3 is 0 Å². The van der Waals surface area contributed by atoms with Gasteiger partial charge < -0.3 is 4.74 Å². The van der Waals surface area contributed by atoms with Crippen LogP contribution < -0.4 is 15.7 Å². The van der Waals surface area contributed by atoms with E-state index in [0.29, 0.717) is 28.4 Å². The molecule has 7 nitrogen and oxygen atoms in total. The third-order valence-electron chi connectivity index (χ3n) is 5.94. The van der Waals surface area contributed by atoms with Crippen molar-refractivity contribution in [3.8, 4) is 11.4 Å². The van der Waals surface area contributed by atoms with E-state index in [1.165, 1.54) is 11.8 Å². The van der Waals surface area contributed by atoms with Gasteiger partial charge in [-0.25, -0.2) is 10.4 Å². The van der Waals surface area contributed by atoms with Crippen LogP contribution in [0.5, 0.6) is 5.75 Å². The smallest absolute Gasteiger partial charge is 0.266 e. The van der Waals surface area contributed by atoms with Crippen LogP contribution in [0.1, 0.15) is 16.7 Å². The number of nitrogens with zero attached hydrogens (tertiary/aromatic N) is 3. The fourth-order valence-electron chi connectivity index (χ4n) is 4.00. The van der Waals surface area contributed by atoms with Crippen molar-refractivity contribution in [3.05, 3.63) is 130 Å². The van der Waals surface area contributed by atoms with E-state index in [4.69, 9.17) is 9.72 Å². The summed E-state index contributed by atoms with van der Waals surface area (Å²) in [6, 6.07) is 32.2. The minimum absolute atomic E-state index is 0.0359. The number of hydrogen-bond donors (Lipinski definition) is 1. The summed E-state index contributed by atoms with van der Waals surface area (Å²) in [6.07, 6.45) is 1.56. The molecule has 194 valence electrons. The van der Waals surface area contributed by atoms with E-state index in [-0.39, 0.29) is 17.2 Å². The molecule has 5 rings (SSSR count). The highest BCUT2D eigenvalue weighted by Crippen LogP contribution is 2.23. The van der Waals surface area contributed by atoms with E-state index in [2.05, 4.69) is 10.5 Å². The van der Waals surface area contributed by atoms with Crippen molar-refractivity contribution >= 4 is 34.8 Å². The molecular formula is C31H26N4O3S. The van der Waals surface area contributed by atoms with Gasteiger partial charge in [0.1, 0.15) is 12.4 Å². The number of carbonyl (C=O) groups is 1. The first-order valence-electron chi connectivity index (χ1n) is 12.4. The summed E-state index contributed by atoms with van der Waals surface area (Å²) >= 11 is 1.19. The maximum absolute atomic E-state index is 13.4. The molecule has 0 aliphatic heterocycles. The lowest BCUT2D eigenvalue weighted by molar-refractivity contribution is -0.118. The first kappa shape index (κ1) is 25.9. The molecule has 0 bridgehead atoms. The van der Waals surface area contributed by atoms with Crippen LogP contribution in [0.25, 0.3) is 16.6 Å². The predicted octanol–water partition coefficient (Wildman–Crippen LogP) is 5.52. The van der Waals surface area contributed by atoms with Gasteiger partial charge in [-0.1, -0.05) is 84.6 Å². The predicted molar refractivity (Wildman–Crippen MR) is 156 cm³/mol. The molecule has 0 aliphatic carbocycles. The van der Waals surface area contributed by atoms with Crippen LogP contribution in [-0.2, 0) is 11.4 Å². The highest BCUT2D eigenvalue weighted by Gasteiger charge is 2.15. The molecule has 1 heterocycles. The quantitative estimate of drug-likeness (QED) is 0.117. The number of fused-ring (bicyclic) bond motifs is 1. The summed E-state index contributed by atoms with van der Waals surface area (Å²) in [7, 11) is 0. The Morgan fingerprint density at radius 1 is 0.974 bits per heavy atom. The minimum atomic E-state index is -0.313. The van der Waals surface area contributed by atoms with Gasteiger partial charge in [0.15, 0.2) is 5.16 Å². The number of aromatic nitrogens is 2. The lowest BCUT2D eigenvalue weighted by atomic mass is 10.2. The van der Waals surface area contributed by atoms with E-state index < -0.39 is 0 Å². The van der Waals surface area contributed by atoms with Crippen LogP contribution in [-0.4, -0.2) is 27.4 Å². The maximum atomic E-state index is 13.4. The van der Waals surface area contributed by atoms with Crippen LogP contribution in [0.3, 0.4) is 0 Å². The number of hydrazone groups is 1. The fourth-order valence-corrected chi connectivity index (χ4v) is 4.80. The Hall–Kier alpha value is -4.69. The molecule has 0 spiro atoms. The van der Waals surface area contributed by atoms with E-state index in [0.717, 1.165) is 22.4 Å². The van der Waals surface area contributed by atoms with Crippen LogP contribution in [0, 0.1) is 6.92 Å². The molecule has 0 saturated carbocycles. The largest absolute Gasteiger partial charge is 0.489 e. The van der Waals surface area contributed by atoms with Gasteiger partial charge in [-0.2, -0.15) is 5.10 Å². The minimum Gasteiger partial charge on any atom is -0.489 e. The van der Waals surface area contributed by atoms with Crippen LogP contribution in [0.2, 0.25) is 0 Å². The highest BCUT2D eigenvalue weighted by molar-refractivity contribution is 7.99. The van der Waals surface area contributed by atoms with Crippen molar-refractivity contribution in [2.75, 3.05) is 5.75 Å². The molecule has 4 aromatic carbocycles. The molecule has 39 heavy (non-hydrogen) atoms. The second kappa shape index (κ2) is 12.2. The number of aryl methyl sites for hydroxylation is 1. The molecule has 8 heteroatoms. The molecular weight excluding hydrogens is 508 g/mol. The zero-order valence-corrected chi connectivity index (χ0v) is 22.1. The number of nitrogens with one attached hydrogen (secondary N) is 1. The van der Waals surface area contributed by atoms with E-state index in [9.17, 15) is 9.59 Å². The Balaban J connectivity index is 1.26. The third-order valence-corrected chi connectivity index (χ3v) is 6.88. The molecule has 0 atom stereocenters. The van der Waals surface area contributed by atoms with Gasteiger partial charge in [0.25, 0.3) is 11.5 Å². The molecule has 1 amide bonds. The average Bonchev–Trinajstić information content (AvgIpc) is 2.96. The van der Waals surface area contributed by atoms with Crippen molar-refractivity contribution in [1.29, 1.82) is 0 Å². The number of rotatable bonds is 9. The first-order valence-corrected chi connectivity index (χ1v) is 13.4. The Bertz CT molecular complexity index is 1700. The number of benzene rings is 4. The summed E-state index contributed by atoms with van der Waals surface area (Å²) in [5.41, 5.74) is 6.50. The second-order valence-electron chi connectivity index (χ2n) is 8.77. The normalized spacial score (nSPS) is 11.1. The number of para-hydroxylation sites is 2. The van der Waals surface area contributed by atoms with Gasteiger partial charge in [-0.05, 0) is 53.9 Å². The summed E-state index contributed by atoms with van der Waals surface area (Å²) in [5.74, 6) is 0.432. The topological polar surface area (TPSA) is 85.6 Å². The zero-order chi connectivity index (χ0) is 27.0. The highest BCUT2D eigenvalue weighted by atomic mass is 32.2. The van der Waals surface area contributed by atoms with Crippen LogP contribution >= 0.6 is 11.8 Å². The number of hydrogen-bond acceptors (Lipinski definition) is 6. The molecule has 0 unspecified atom stereocenters. The number of ether oxygens (including phenoxy) is 1. The number of carbonyl (C=O) groups excluding carboxylic acids is 1. The van der Waals surface area contributed by atoms with Gasteiger partial charge in [0, 0.05) is 0 Å². The fraction of sp³-hybridized carbons (Fsp3) is 0.0968. The maximum Gasteiger partial charge on any atom is 0.266 e. The molecule has 0 radical (unpaired) electrons. The van der Waals surface area contributed by atoms with Gasteiger partial charge in [0.2, 0.25) is 0 Å². The second-order valence-corrected chi connectivity index (χ2v) is 9.71. The van der Waals surface area contributed by atoms with Crippen molar-refractivity contribution in [1.82, 2.24) is 15.0 Å². The zero-order valence-electron chi connectivity index (χ0n) is 21.3. The third kappa shape index (κ3) is 6.42. The first-order chi connectivity index (χ1) is 19.1. The summed E-state index contributed by atoms with van der Waals surface area (Å²) < 4.78 is 7.43. The molecule has 0 fully saturated rings. The monoisotopic (exact) mass is 534 g/mol. The standard InChI is InChI=1S/C31H26N4O3S/c1-22-10-5-8-17-28(22)35-30(37)26-15-6-7-16-27(26)33-31(35)39-21-29(36)34-32-19-24-13-9-14-25(18-24)38-20-23-11-3-2-4-12-23/h2-19H,20-21H2,1H3,(H,34,36)/b32-19+. The Kier molecular flexibility index (Phi) is 8.14. The lowest BCUT2D eigenvalue weighted by Gasteiger charge is -2.14. The average molecular weight is 535 g/mol. The molecule has 1 N–H and O–H groups in total. The SMILES string of the molecule is Cc1ccccc1-n1c(SCC(=O)N/N=C/c2cccc(OCc3ccccc3)c2)nc2ccccc2c1=O. The Labute approximate surface area is 230 Å². The molecule has 5 aromatic rings. The van der Waals surface area contributed by atoms with Crippen molar-refractivity contribution < 1.29 is 9.53 Å². The Morgan fingerprint density at radius 2 is 1.74 bits per heavy atom. The van der Waals surface area contributed by atoms with Crippen molar-refractivity contribution in [3.63, 3.8) is 0 Å². The van der Waals surface area contributed by atoms with E-state index in [1.807, 2.05) is 97.9 Å². The molecule has 0 saturated heterocycles. The van der Waals surface area contributed by atoms with Gasteiger partial charge in [-0.3, -0.25) is 14.2 Å². The summed E-state index contributed by atoms with van der Waals surface area (Å²) in [4.78, 5) is 30.7. The summed E-state index contributed by atoms with van der Waals surface area (Å²) in [6.45, 7) is 2.40. The lowest BCUT2D eigenvalue weighted by Crippen LogP contribution is -2.24. The van der Waals surface area contributed by atoms with Gasteiger partial charge in [0.05, 0.1) is 28.6 Å². The van der Waals surface area contributed by atoms with E-state index in [1.54, 1.807) is 22.9 Å².